The second-order valence-electron chi connectivity index (χ2n) is 3.84. The first kappa shape index (κ1) is 10.6. The molecule has 2 aromatic rings. The average molecular weight is 215 g/mol. The molecule has 0 spiro atoms. The lowest BCUT2D eigenvalue weighted by Gasteiger charge is -2.02. The number of benzene rings is 1. The van der Waals surface area contributed by atoms with Crippen molar-refractivity contribution in [3.63, 3.8) is 0 Å². The number of aryl methyl sites for hydroxylation is 1. The summed E-state index contributed by atoms with van der Waals surface area (Å²) in [7, 11) is 0. The highest BCUT2D eigenvalue weighted by molar-refractivity contribution is 5.86. The third-order valence-electron chi connectivity index (χ3n) is 2.60. The number of aromatic nitrogens is 1. The smallest absolute Gasteiger partial charge is 0.259 e. The van der Waals surface area contributed by atoms with Crippen molar-refractivity contribution in [2.24, 2.45) is 0 Å². The Hall–Kier alpha value is -1.90. The summed E-state index contributed by atoms with van der Waals surface area (Å²) < 4.78 is 0. The molecule has 3 nitrogen and oxygen atoms in total. The summed E-state index contributed by atoms with van der Waals surface area (Å²) in [6.07, 6.45) is 2.67. The predicted octanol–water partition coefficient (Wildman–Crippen LogP) is 2.29. The van der Waals surface area contributed by atoms with Gasteiger partial charge in [0.25, 0.3) is 5.56 Å². The van der Waals surface area contributed by atoms with Crippen LogP contribution in [-0.2, 0) is 6.42 Å². The molecule has 0 aliphatic carbocycles. The van der Waals surface area contributed by atoms with Gasteiger partial charge in [-0.25, -0.2) is 0 Å². The predicted molar refractivity (Wildman–Crippen MR) is 64.0 cm³/mol. The number of hydrogen-bond donors (Lipinski definition) is 1. The molecule has 0 fully saturated rings. The van der Waals surface area contributed by atoms with Crippen molar-refractivity contribution in [2.45, 2.75) is 19.8 Å². The highest BCUT2D eigenvalue weighted by atomic mass is 16.1. The molecule has 0 aliphatic rings. The Balaban J connectivity index is 2.63. The number of carbonyl (C=O) groups excluding carboxylic acids is 1. The van der Waals surface area contributed by atoms with Crippen LogP contribution in [0.25, 0.3) is 10.9 Å². The number of hydrogen-bond acceptors (Lipinski definition) is 2. The fraction of sp³-hybridized carbons (Fsp3) is 0.231. The number of pyridine rings is 1. The van der Waals surface area contributed by atoms with Crippen LogP contribution in [0.4, 0.5) is 0 Å². The summed E-state index contributed by atoms with van der Waals surface area (Å²) in [6.45, 7) is 2.12. The lowest BCUT2D eigenvalue weighted by Crippen LogP contribution is -2.11. The summed E-state index contributed by atoms with van der Waals surface area (Å²) in [5, 5.41) is 0.910. The van der Waals surface area contributed by atoms with Gasteiger partial charge in [-0.15, -0.1) is 0 Å². The largest absolute Gasteiger partial charge is 0.321 e. The van der Waals surface area contributed by atoms with Gasteiger partial charge in [0.05, 0.1) is 5.56 Å². The summed E-state index contributed by atoms with van der Waals surface area (Å²) in [4.78, 5) is 24.7. The van der Waals surface area contributed by atoms with Gasteiger partial charge >= 0.3 is 0 Å². The van der Waals surface area contributed by atoms with Crippen LogP contribution in [0, 0.1) is 0 Å². The second kappa shape index (κ2) is 4.31. The Morgan fingerprint density at radius 3 is 2.81 bits per heavy atom. The Kier molecular flexibility index (Phi) is 2.86. The number of nitrogens with one attached hydrogen (secondary N) is 1. The van der Waals surface area contributed by atoms with Crippen LogP contribution in [0.15, 0.2) is 29.1 Å². The van der Waals surface area contributed by atoms with Gasteiger partial charge in [0, 0.05) is 5.52 Å². The number of H-pyrrole nitrogens is 1. The van der Waals surface area contributed by atoms with Crippen molar-refractivity contribution in [3.05, 3.63) is 45.7 Å². The fourth-order valence-corrected chi connectivity index (χ4v) is 1.80. The molecule has 16 heavy (non-hydrogen) atoms. The van der Waals surface area contributed by atoms with Crippen molar-refractivity contribution in [1.82, 2.24) is 4.98 Å². The standard InChI is InChI=1S/C13H13NO2/c1-2-3-9-4-5-12-10(6-9)7-11(8-15)13(16)14-12/h4-8H,2-3H2,1H3,(H,14,16). The molecule has 1 heterocycles. The molecular formula is C13H13NO2. The third kappa shape index (κ3) is 1.89. The third-order valence-corrected chi connectivity index (χ3v) is 2.60. The number of carbonyl (C=O) groups is 1. The lowest BCUT2D eigenvalue weighted by molar-refractivity contribution is 0.112. The van der Waals surface area contributed by atoms with Crippen LogP contribution in [-0.4, -0.2) is 11.3 Å². The minimum absolute atomic E-state index is 0.182. The van der Waals surface area contributed by atoms with Crippen molar-refractivity contribution in [3.8, 4) is 0 Å². The zero-order valence-corrected chi connectivity index (χ0v) is 9.12. The molecule has 0 radical (unpaired) electrons. The molecular weight excluding hydrogens is 202 g/mol. The number of aromatic amines is 1. The average Bonchev–Trinajstić information content (AvgIpc) is 2.29. The first-order valence-electron chi connectivity index (χ1n) is 5.35. The maximum atomic E-state index is 11.4. The number of aldehydes is 1. The Bertz CT molecular complexity index is 584. The van der Waals surface area contributed by atoms with Gasteiger partial charge in [0.15, 0.2) is 6.29 Å². The van der Waals surface area contributed by atoms with Crippen molar-refractivity contribution >= 4 is 17.2 Å². The van der Waals surface area contributed by atoms with Crippen LogP contribution in [0.5, 0.6) is 0 Å². The van der Waals surface area contributed by atoms with Crippen molar-refractivity contribution in [1.29, 1.82) is 0 Å². The molecule has 0 unspecified atom stereocenters. The zero-order chi connectivity index (χ0) is 11.5. The Morgan fingerprint density at radius 1 is 1.31 bits per heavy atom. The topological polar surface area (TPSA) is 49.9 Å². The second-order valence-corrected chi connectivity index (χ2v) is 3.84. The minimum atomic E-state index is -0.328. The Morgan fingerprint density at radius 2 is 2.12 bits per heavy atom. The molecule has 0 aliphatic heterocycles. The highest BCUT2D eigenvalue weighted by Gasteiger charge is 2.02. The van der Waals surface area contributed by atoms with Crippen molar-refractivity contribution in [2.75, 3.05) is 0 Å². The van der Waals surface area contributed by atoms with E-state index in [1.807, 2.05) is 18.2 Å². The first-order valence-corrected chi connectivity index (χ1v) is 5.35. The summed E-state index contributed by atoms with van der Waals surface area (Å²) in [6, 6.07) is 7.54. The molecule has 0 atom stereocenters. The quantitative estimate of drug-likeness (QED) is 0.798. The SMILES string of the molecule is CCCc1ccc2[nH]c(=O)c(C=O)cc2c1. The van der Waals surface area contributed by atoms with Gasteiger partial charge in [-0.1, -0.05) is 19.4 Å². The van der Waals surface area contributed by atoms with E-state index in [0.29, 0.717) is 6.29 Å². The van der Waals surface area contributed by atoms with E-state index in [4.69, 9.17) is 0 Å². The molecule has 0 amide bonds. The van der Waals surface area contributed by atoms with E-state index in [1.165, 1.54) is 5.56 Å². The molecule has 0 bridgehead atoms. The van der Waals surface area contributed by atoms with Crippen LogP contribution in [0.1, 0.15) is 29.3 Å². The summed E-state index contributed by atoms with van der Waals surface area (Å²) in [5.74, 6) is 0. The molecule has 1 aromatic carbocycles. The van der Waals surface area contributed by atoms with E-state index < -0.39 is 0 Å². The Labute approximate surface area is 93.1 Å². The van der Waals surface area contributed by atoms with Crippen LogP contribution >= 0.6 is 0 Å². The van der Waals surface area contributed by atoms with E-state index in [9.17, 15) is 9.59 Å². The molecule has 0 saturated carbocycles. The van der Waals surface area contributed by atoms with Gasteiger partial charge in [0.1, 0.15) is 0 Å². The van der Waals surface area contributed by atoms with Crippen LogP contribution < -0.4 is 5.56 Å². The molecule has 3 heteroatoms. The summed E-state index contributed by atoms with van der Waals surface area (Å²) >= 11 is 0. The lowest BCUT2D eigenvalue weighted by atomic mass is 10.1. The maximum absolute atomic E-state index is 11.4. The monoisotopic (exact) mass is 215 g/mol. The molecule has 1 N–H and O–H groups in total. The molecule has 1 aromatic heterocycles. The van der Waals surface area contributed by atoms with Gasteiger partial charge in [0.2, 0.25) is 0 Å². The van der Waals surface area contributed by atoms with Crippen molar-refractivity contribution < 1.29 is 4.79 Å². The van der Waals surface area contributed by atoms with Crippen LogP contribution in [0.3, 0.4) is 0 Å². The van der Waals surface area contributed by atoms with E-state index in [-0.39, 0.29) is 11.1 Å². The van der Waals surface area contributed by atoms with E-state index >= 15 is 0 Å². The van der Waals surface area contributed by atoms with Gasteiger partial charge in [-0.3, -0.25) is 9.59 Å². The zero-order valence-electron chi connectivity index (χ0n) is 9.12. The van der Waals surface area contributed by atoms with Gasteiger partial charge in [-0.2, -0.15) is 0 Å². The van der Waals surface area contributed by atoms with E-state index in [0.717, 1.165) is 23.7 Å². The van der Waals surface area contributed by atoms with Crippen LogP contribution in [0.2, 0.25) is 0 Å². The molecule has 82 valence electrons. The highest BCUT2D eigenvalue weighted by Crippen LogP contribution is 2.14. The van der Waals surface area contributed by atoms with E-state index in [2.05, 4.69) is 11.9 Å². The number of rotatable bonds is 3. The number of fused-ring (bicyclic) bond motifs is 1. The van der Waals surface area contributed by atoms with Gasteiger partial charge in [-0.05, 0) is 35.6 Å². The first-order chi connectivity index (χ1) is 7.74. The summed E-state index contributed by atoms with van der Waals surface area (Å²) in [5.41, 5.74) is 1.85. The van der Waals surface area contributed by atoms with Gasteiger partial charge < -0.3 is 4.98 Å². The maximum Gasteiger partial charge on any atom is 0.259 e. The minimum Gasteiger partial charge on any atom is -0.321 e. The fourth-order valence-electron chi connectivity index (χ4n) is 1.80. The molecule has 0 saturated heterocycles. The van der Waals surface area contributed by atoms with E-state index in [1.54, 1.807) is 6.07 Å². The molecule has 2 rings (SSSR count). The normalized spacial score (nSPS) is 10.6.